The minimum Gasteiger partial charge on any atom is -0.444 e. The number of aromatic nitrogens is 2. The molecule has 1 aromatic heterocycles. The molecule has 38 heavy (non-hydrogen) atoms. The minimum atomic E-state index is -0.758. The summed E-state index contributed by atoms with van der Waals surface area (Å²) in [5.41, 5.74) is 0.519. The molecular formula is C29H35N3O6. The van der Waals surface area contributed by atoms with Crippen molar-refractivity contribution in [2.75, 3.05) is 6.61 Å². The molecule has 1 fully saturated rings. The van der Waals surface area contributed by atoms with Crippen molar-refractivity contribution in [1.29, 1.82) is 0 Å². The highest BCUT2D eigenvalue weighted by Gasteiger charge is 2.47. The summed E-state index contributed by atoms with van der Waals surface area (Å²) in [6, 6.07) is 19.0. The van der Waals surface area contributed by atoms with E-state index in [-0.39, 0.29) is 6.61 Å². The molecule has 3 aromatic rings. The number of likely N-dealkylation sites (tertiary alicyclic amines) is 1. The highest BCUT2D eigenvalue weighted by atomic mass is 16.6. The number of benzene rings is 2. The zero-order valence-electron chi connectivity index (χ0n) is 22.3. The molecule has 2 aromatic carbocycles. The molecule has 0 radical (unpaired) electrons. The van der Waals surface area contributed by atoms with E-state index >= 15 is 0 Å². The van der Waals surface area contributed by atoms with Crippen molar-refractivity contribution in [2.24, 2.45) is 0 Å². The van der Waals surface area contributed by atoms with E-state index in [1.54, 1.807) is 27.7 Å². The van der Waals surface area contributed by atoms with Gasteiger partial charge in [-0.2, -0.15) is 0 Å². The summed E-state index contributed by atoms with van der Waals surface area (Å²) in [6.07, 6.45) is 0.0145. The Labute approximate surface area is 222 Å². The van der Waals surface area contributed by atoms with Crippen molar-refractivity contribution in [3.63, 3.8) is 0 Å². The maximum atomic E-state index is 13.6. The maximum Gasteiger partial charge on any atom is 0.412 e. The first kappa shape index (κ1) is 27.3. The first-order valence-corrected chi connectivity index (χ1v) is 12.7. The molecule has 1 N–H and O–H groups in total. The van der Waals surface area contributed by atoms with Crippen molar-refractivity contribution in [1.82, 2.24) is 14.5 Å². The Bertz CT molecular complexity index is 1330. The lowest BCUT2D eigenvalue weighted by atomic mass is 10.1. The summed E-state index contributed by atoms with van der Waals surface area (Å²) in [5.74, 6) is 0. The average molecular weight is 522 g/mol. The Balaban J connectivity index is 1.67. The van der Waals surface area contributed by atoms with Gasteiger partial charge < -0.3 is 14.2 Å². The van der Waals surface area contributed by atoms with Crippen molar-refractivity contribution >= 4 is 6.09 Å². The van der Waals surface area contributed by atoms with Gasteiger partial charge in [0.1, 0.15) is 11.8 Å². The van der Waals surface area contributed by atoms with Crippen LogP contribution in [0.3, 0.4) is 0 Å². The topological polar surface area (TPSA) is 103 Å². The Kier molecular flexibility index (Phi) is 8.48. The van der Waals surface area contributed by atoms with Crippen molar-refractivity contribution in [3.8, 4) is 0 Å². The van der Waals surface area contributed by atoms with E-state index in [9.17, 15) is 14.4 Å². The third kappa shape index (κ3) is 6.79. The van der Waals surface area contributed by atoms with Crippen LogP contribution in [0.2, 0.25) is 0 Å². The fraction of sp³-hybridized carbons (Fsp3) is 0.414. The van der Waals surface area contributed by atoms with Gasteiger partial charge in [0, 0.05) is 18.2 Å². The summed E-state index contributed by atoms with van der Waals surface area (Å²) in [7, 11) is 0. The molecule has 0 bridgehead atoms. The number of hydrogen-bond donors (Lipinski definition) is 1. The number of rotatable bonds is 8. The lowest BCUT2D eigenvalue weighted by Crippen LogP contribution is -2.49. The lowest BCUT2D eigenvalue weighted by Gasteiger charge is -2.33. The van der Waals surface area contributed by atoms with Crippen LogP contribution in [0.15, 0.2) is 76.4 Å². The van der Waals surface area contributed by atoms with Crippen LogP contribution in [0.5, 0.6) is 0 Å². The molecule has 1 saturated heterocycles. The van der Waals surface area contributed by atoms with Gasteiger partial charge in [-0.1, -0.05) is 60.7 Å². The minimum absolute atomic E-state index is 0.168. The number of aromatic amines is 1. The second kappa shape index (κ2) is 11.8. The second-order valence-corrected chi connectivity index (χ2v) is 10.5. The van der Waals surface area contributed by atoms with Crippen molar-refractivity contribution in [2.45, 2.75) is 71.2 Å². The van der Waals surface area contributed by atoms with E-state index in [4.69, 9.17) is 14.2 Å². The van der Waals surface area contributed by atoms with Crippen LogP contribution in [-0.4, -0.2) is 44.9 Å². The maximum absolute atomic E-state index is 13.6. The summed E-state index contributed by atoms with van der Waals surface area (Å²) in [5, 5.41) is 0. The largest absolute Gasteiger partial charge is 0.444 e. The molecule has 3 atom stereocenters. The fourth-order valence-corrected chi connectivity index (χ4v) is 4.52. The van der Waals surface area contributed by atoms with Crippen molar-refractivity contribution < 1.29 is 19.0 Å². The quantitative estimate of drug-likeness (QED) is 0.478. The Morgan fingerprint density at radius 3 is 2.18 bits per heavy atom. The van der Waals surface area contributed by atoms with Gasteiger partial charge >= 0.3 is 11.8 Å². The van der Waals surface area contributed by atoms with Crippen LogP contribution in [0.25, 0.3) is 0 Å². The summed E-state index contributed by atoms with van der Waals surface area (Å²) >= 11 is 0. The van der Waals surface area contributed by atoms with E-state index in [1.807, 2.05) is 60.7 Å². The molecule has 0 saturated carbocycles. The van der Waals surface area contributed by atoms with E-state index in [0.29, 0.717) is 25.2 Å². The number of carbonyl (C=O) groups excluding carboxylic acids is 1. The molecule has 9 nitrogen and oxygen atoms in total. The van der Waals surface area contributed by atoms with E-state index in [2.05, 4.69) is 4.98 Å². The molecule has 9 heteroatoms. The molecular weight excluding hydrogens is 486 g/mol. The molecule has 0 aliphatic carbocycles. The molecule has 1 amide bonds. The van der Waals surface area contributed by atoms with Crippen LogP contribution < -0.4 is 11.2 Å². The van der Waals surface area contributed by atoms with Crippen molar-refractivity contribution in [3.05, 3.63) is 104 Å². The highest BCUT2D eigenvalue weighted by molar-refractivity contribution is 5.69. The predicted octanol–water partition coefficient (Wildman–Crippen LogP) is 4.16. The third-order valence-corrected chi connectivity index (χ3v) is 6.33. The van der Waals surface area contributed by atoms with Gasteiger partial charge in [0.05, 0.1) is 32.0 Å². The monoisotopic (exact) mass is 521 g/mol. The predicted molar refractivity (Wildman–Crippen MR) is 143 cm³/mol. The SMILES string of the molecule is Cc1cn([C@H]2C[C@H](OCc3ccccc3)[C@@H](COCc3ccccc3)N2C(=O)OC(C)(C)C)c(=O)[nH]c1=O. The summed E-state index contributed by atoms with van der Waals surface area (Å²) in [4.78, 5) is 42.4. The highest BCUT2D eigenvalue weighted by Crippen LogP contribution is 2.36. The number of aryl methyl sites for hydroxylation is 1. The molecule has 0 unspecified atom stereocenters. The fourth-order valence-electron chi connectivity index (χ4n) is 4.52. The average Bonchev–Trinajstić information content (AvgIpc) is 3.23. The first-order chi connectivity index (χ1) is 18.1. The number of ether oxygens (including phenoxy) is 3. The van der Waals surface area contributed by atoms with Crippen LogP contribution in [0.1, 0.15) is 50.0 Å². The van der Waals surface area contributed by atoms with Gasteiger partial charge in [0.2, 0.25) is 0 Å². The zero-order chi connectivity index (χ0) is 27.3. The Morgan fingerprint density at radius 1 is 0.974 bits per heavy atom. The zero-order valence-corrected chi connectivity index (χ0v) is 22.3. The number of H-pyrrole nitrogens is 1. The molecule has 1 aliphatic heterocycles. The Hall–Kier alpha value is -3.69. The van der Waals surface area contributed by atoms with Gasteiger partial charge in [0.25, 0.3) is 5.56 Å². The number of nitrogens with zero attached hydrogens (tertiary/aromatic N) is 2. The normalized spacial score (nSPS) is 19.5. The molecule has 4 rings (SSSR count). The van der Waals surface area contributed by atoms with E-state index < -0.39 is 41.3 Å². The van der Waals surface area contributed by atoms with Gasteiger partial charge in [-0.05, 0) is 38.8 Å². The smallest absolute Gasteiger partial charge is 0.412 e. The van der Waals surface area contributed by atoms with Crippen LogP contribution in [0, 0.1) is 6.92 Å². The molecule has 1 aliphatic rings. The third-order valence-electron chi connectivity index (χ3n) is 6.33. The number of amides is 1. The molecule has 2 heterocycles. The van der Waals surface area contributed by atoms with Gasteiger partial charge in [-0.15, -0.1) is 0 Å². The van der Waals surface area contributed by atoms with E-state index in [0.717, 1.165) is 11.1 Å². The van der Waals surface area contributed by atoms with Gasteiger partial charge in [-0.3, -0.25) is 19.2 Å². The molecule has 0 spiro atoms. The van der Waals surface area contributed by atoms with Crippen LogP contribution in [-0.2, 0) is 27.4 Å². The second-order valence-electron chi connectivity index (χ2n) is 10.5. The number of hydrogen-bond acceptors (Lipinski definition) is 6. The standard InChI is InChI=1S/C29H35N3O6/c1-20-16-31(27(34)30-26(20)33)25-15-24(37-18-22-13-9-6-10-14-22)23(32(25)28(35)38-29(2,3)4)19-36-17-21-11-7-5-8-12-21/h5-14,16,23-25H,15,17-19H2,1-4H3,(H,30,33,34)/t23-,24+,25-/m1/s1. The Morgan fingerprint density at radius 2 is 1.58 bits per heavy atom. The van der Waals surface area contributed by atoms with Crippen LogP contribution >= 0.6 is 0 Å². The first-order valence-electron chi connectivity index (χ1n) is 12.7. The summed E-state index contributed by atoms with van der Waals surface area (Å²) < 4.78 is 19.6. The number of nitrogens with one attached hydrogen (secondary N) is 1. The number of carbonyl (C=O) groups is 1. The van der Waals surface area contributed by atoms with Gasteiger partial charge in [-0.25, -0.2) is 9.59 Å². The summed E-state index contributed by atoms with van der Waals surface area (Å²) in [6.45, 7) is 7.83. The van der Waals surface area contributed by atoms with Crippen LogP contribution in [0.4, 0.5) is 4.79 Å². The van der Waals surface area contributed by atoms with E-state index in [1.165, 1.54) is 15.7 Å². The van der Waals surface area contributed by atoms with Gasteiger partial charge in [0.15, 0.2) is 0 Å². The lowest BCUT2D eigenvalue weighted by molar-refractivity contribution is -0.0376. The molecule has 202 valence electrons.